The van der Waals surface area contributed by atoms with Crippen molar-refractivity contribution in [1.82, 2.24) is 20.7 Å². The number of amides is 1. The number of rotatable bonds is 2. The van der Waals surface area contributed by atoms with E-state index in [0.29, 0.717) is 12.8 Å². The number of fused-ring (bicyclic) bond motifs is 3. The van der Waals surface area contributed by atoms with Crippen molar-refractivity contribution < 1.29 is 31.1 Å². The number of aromatic nitrogens is 1. The monoisotopic (exact) mass is 422 g/mol. The van der Waals surface area contributed by atoms with Crippen LogP contribution in [0.5, 0.6) is 0 Å². The van der Waals surface area contributed by atoms with Gasteiger partial charge < -0.3 is 4.90 Å². The second-order valence-electron chi connectivity index (χ2n) is 7.92. The van der Waals surface area contributed by atoms with Crippen molar-refractivity contribution in [2.24, 2.45) is 11.8 Å². The first-order valence-corrected chi connectivity index (χ1v) is 9.44. The smallest absolute Gasteiger partial charge is 0.330 e. The molecule has 1 aliphatic carbocycles. The molecule has 2 saturated heterocycles. The highest BCUT2D eigenvalue weighted by molar-refractivity contribution is 5.82. The number of likely N-dealkylation sites (tertiary alicyclic amines) is 1. The fraction of sp³-hybridized carbons (Fsp3) is 0.667. The van der Waals surface area contributed by atoms with Crippen LogP contribution in [0.3, 0.4) is 0 Å². The van der Waals surface area contributed by atoms with E-state index >= 15 is 0 Å². The summed E-state index contributed by atoms with van der Waals surface area (Å²) in [5.41, 5.74) is 4.81. The van der Waals surface area contributed by atoms with E-state index in [-0.39, 0.29) is 30.5 Å². The minimum atomic E-state index is -4.65. The van der Waals surface area contributed by atoms with Gasteiger partial charge in [0.2, 0.25) is 5.91 Å². The van der Waals surface area contributed by atoms with E-state index < -0.39 is 48.4 Å². The number of halogens is 6. The highest BCUT2D eigenvalue weighted by atomic mass is 19.4. The van der Waals surface area contributed by atoms with E-state index in [1.54, 1.807) is 0 Å². The summed E-state index contributed by atoms with van der Waals surface area (Å²) in [7, 11) is 0. The molecule has 11 heteroatoms. The average Bonchev–Trinajstić information content (AvgIpc) is 3.13. The number of pyridine rings is 1. The predicted molar refractivity (Wildman–Crippen MR) is 89.3 cm³/mol. The first kappa shape index (κ1) is 20.4. The van der Waals surface area contributed by atoms with Crippen molar-refractivity contribution in [1.29, 1.82) is 0 Å². The molecule has 2 N–H and O–H groups in total. The first-order chi connectivity index (χ1) is 13.6. The predicted octanol–water partition coefficient (Wildman–Crippen LogP) is 2.85. The van der Waals surface area contributed by atoms with E-state index in [1.807, 2.05) is 0 Å². The number of hydrazine groups is 1. The summed E-state index contributed by atoms with van der Waals surface area (Å²) < 4.78 is 79.7. The van der Waals surface area contributed by atoms with E-state index in [9.17, 15) is 31.1 Å². The number of nitrogens with zero attached hydrogens (tertiary/aromatic N) is 2. The molecular formula is C18H20F6N4O. The molecule has 1 saturated carbocycles. The Morgan fingerprint density at radius 3 is 2.62 bits per heavy atom. The molecule has 1 amide bonds. The number of carbonyl (C=O) groups is 1. The van der Waals surface area contributed by atoms with Crippen LogP contribution in [0, 0.1) is 11.8 Å². The van der Waals surface area contributed by atoms with E-state index in [2.05, 4.69) is 15.8 Å². The molecule has 4 rings (SSSR count). The highest BCUT2D eigenvalue weighted by Crippen LogP contribution is 2.47. The lowest BCUT2D eigenvalue weighted by Gasteiger charge is -2.50. The maximum absolute atomic E-state index is 13.4. The van der Waals surface area contributed by atoms with Gasteiger partial charge in [0.05, 0.1) is 5.92 Å². The Labute approximate surface area is 162 Å². The molecule has 29 heavy (non-hydrogen) atoms. The third kappa shape index (κ3) is 3.81. The van der Waals surface area contributed by atoms with Crippen molar-refractivity contribution in [3.63, 3.8) is 0 Å². The number of alkyl halides is 6. The van der Waals surface area contributed by atoms with Crippen LogP contribution in [0.2, 0.25) is 0 Å². The molecule has 1 aromatic rings. The zero-order valence-corrected chi connectivity index (χ0v) is 15.2. The zero-order valence-electron chi connectivity index (χ0n) is 15.2. The van der Waals surface area contributed by atoms with Gasteiger partial charge in [-0.05, 0) is 42.7 Å². The Balaban J connectivity index is 1.66. The summed E-state index contributed by atoms with van der Waals surface area (Å²) in [6, 6.07) is 1.64. The molecule has 3 heterocycles. The van der Waals surface area contributed by atoms with Gasteiger partial charge >= 0.3 is 12.4 Å². The van der Waals surface area contributed by atoms with E-state index in [1.165, 1.54) is 12.1 Å². The Kier molecular flexibility index (Phi) is 5.01. The van der Waals surface area contributed by atoms with Crippen molar-refractivity contribution in [3.8, 4) is 0 Å². The second kappa shape index (κ2) is 7.12. The summed E-state index contributed by atoms with van der Waals surface area (Å²) >= 11 is 0. The molecule has 5 unspecified atom stereocenters. The standard InChI is InChI=1S/C18H20F6N4O/c19-17(20,21)8-28-13-6-9(10-2-1-5-25-15(10)18(22,23)24)3-4-11(13)14-12(16(28)29)7-26-27-14/h1-2,5,9,11-14,26-27H,3-4,6-8H2. The molecule has 2 aliphatic heterocycles. The van der Waals surface area contributed by atoms with Gasteiger partial charge in [-0.25, -0.2) is 0 Å². The second-order valence-corrected chi connectivity index (χ2v) is 7.92. The quantitative estimate of drug-likeness (QED) is 0.720. The third-order valence-electron chi connectivity index (χ3n) is 6.25. The molecule has 1 aromatic heterocycles. The third-order valence-corrected chi connectivity index (χ3v) is 6.25. The largest absolute Gasteiger partial charge is 0.433 e. The zero-order chi connectivity index (χ0) is 21.0. The lowest BCUT2D eigenvalue weighted by Crippen LogP contribution is -2.63. The molecule has 160 valence electrons. The molecule has 0 spiro atoms. The Morgan fingerprint density at radius 2 is 1.93 bits per heavy atom. The van der Waals surface area contributed by atoms with Crippen LogP contribution in [0.15, 0.2) is 18.3 Å². The van der Waals surface area contributed by atoms with Gasteiger partial charge in [0.1, 0.15) is 12.2 Å². The molecule has 5 nitrogen and oxygen atoms in total. The van der Waals surface area contributed by atoms with E-state index in [0.717, 1.165) is 11.1 Å². The summed E-state index contributed by atoms with van der Waals surface area (Å²) in [5, 5.41) is 0. The fourth-order valence-electron chi connectivity index (χ4n) is 5.14. The highest BCUT2D eigenvalue weighted by Gasteiger charge is 2.54. The van der Waals surface area contributed by atoms with Crippen molar-refractivity contribution in [2.45, 2.75) is 49.6 Å². The lowest BCUT2D eigenvalue weighted by molar-refractivity contribution is -0.178. The minimum absolute atomic E-state index is 0.0162. The molecule has 3 fully saturated rings. The molecule has 5 atom stereocenters. The van der Waals surface area contributed by atoms with Crippen LogP contribution >= 0.6 is 0 Å². The number of nitrogens with one attached hydrogen (secondary N) is 2. The SMILES string of the molecule is O=C1C2CNNC2C2CCC(c3cccnc3C(F)(F)F)CC2N1CC(F)(F)F. The van der Waals surface area contributed by atoms with Gasteiger partial charge in [0.25, 0.3) is 0 Å². The van der Waals surface area contributed by atoms with Crippen molar-refractivity contribution >= 4 is 5.91 Å². The number of piperidine rings is 1. The normalized spacial score (nSPS) is 32.8. The lowest BCUT2D eigenvalue weighted by atomic mass is 9.67. The summed E-state index contributed by atoms with van der Waals surface area (Å²) in [6.45, 7) is -1.15. The maximum atomic E-state index is 13.4. The van der Waals surface area contributed by atoms with Gasteiger partial charge in [-0.3, -0.25) is 20.6 Å². The van der Waals surface area contributed by atoms with Crippen molar-refractivity contribution in [2.75, 3.05) is 13.1 Å². The van der Waals surface area contributed by atoms with Crippen LogP contribution in [-0.2, 0) is 11.0 Å². The van der Waals surface area contributed by atoms with Crippen LogP contribution in [0.4, 0.5) is 26.3 Å². The van der Waals surface area contributed by atoms with Crippen molar-refractivity contribution in [3.05, 3.63) is 29.6 Å². The molecule has 0 aromatic carbocycles. The maximum Gasteiger partial charge on any atom is 0.433 e. The molecule has 3 aliphatic rings. The van der Waals surface area contributed by atoms with Gasteiger partial charge in [-0.1, -0.05) is 6.07 Å². The minimum Gasteiger partial charge on any atom is -0.330 e. The summed E-state index contributed by atoms with van der Waals surface area (Å²) in [4.78, 5) is 17.1. The summed E-state index contributed by atoms with van der Waals surface area (Å²) in [5.74, 6) is -2.07. The average molecular weight is 422 g/mol. The Morgan fingerprint density at radius 1 is 1.17 bits per heavy atom. The number of carbonyl (C=O) groups excluding carboxylic acids is 1. The van der Waals surface area contributed by atoms with Gasteiger partial charge in [0.15, 0.2) is 0 Å². The summed E-state index contributed by atoms with van der Waals surface area (Å²) in [6.07, 6.45) is -7.30. The number of hydrogen-bond acceptors (Lipinski definition) is 4. The Bertz CT molecular complexity index is 782. The molecular weight excluding hydrogens is 402 g/mol. The topological polar surface area (TPSA) is 57.3 Å². The van der Waals surface area contributed by atoms with Crippen LogP contribution in [-0.4, -0.2) is 47.1 Å². The number of hydrogen-bond donors (Lipinski definition) is 2. The van der Waals surface area contributed by atoms with Gasteiger partial charge in [-0.2, -0.15) is 26.3 Å². The first-order valence-electron chi connectivity index (χ1n) is 9.44. The molecule has 0 bridgehead atoms. The molecule has 0 radical (unpaired) electrons. The van der Waals surface area contributed by atoms with Crippen LogP contribution < -0.4 is 10.9 Å². The van der Waals surface area contributed by atoms with E-state index in [4.69, 9.17) is 0 Å². The van der Waals surface area contributed by atoms with Gasteiger partial charge in [-0.15, -0.1) is 0 Å². The fourth-order valence-corrected chi connectivity index (χ4v) is 5.14. The Hall–Kier alpha value is -1.88. The van der Waals surface area contributed by atoms with Crippen LogP contribution in [0.25, 0.3) is 0 Å². The van der Waals surface area contributed by atoms with Gasteiger partial charge in [0, 0.05) is 24.8 Å². The van der Waals surface area contributed by atoms with Crippen LogP contribution in [0.1, 0.15) is 36.4 Å².